The molecule has 4 heteroatoms. The second-order valence-electron chi connectivity index (χ2n) is 18.0. The fourth-order valence-electron chi connectivity index (χ4n) is 12.0. The second kappa shape index (κ2) is 13.6. The van der Waals surface area contributed by atoms with Crippen molar-refractivity contribution in [3.05, 3.63) is 259 Å². The molecule has 0 atom stereocenters. The summed E-state index contributed by atoms with van der Waals surface area (Å²) in [5.74, 6) is 0. The molecule has 4 nitrogen and oxygen atoms in total. The summed E-state index contributed by atoms with van der Waals surface area (Å²) in [6.45, 7) is 0. The lowest BCUT2D eigenvalue weighted by Gasteiger charge is -2.45. The molecule has 67 heavy (non-hydrogen) atoms. The van der Waals surface area contributed by atoms with Crippen LogP contribution in [0.5, 0.6) is 0 Å². The van der Waals surface area contributed by atoms with E-state index in [0.29, 0.717) is 0 Å². The highest BCUT2D eigenvalue weighted by atomic mass is 16.3. The van der Waals surface area contributed by atoms with Gasteiger partial charge in [-0.1, -0.05) is 158 Å². The summed E-state index contributed by atoms with van der Waals surface area (Å²) >= 11 is 0. The van der Waals surface area contributed by atoms with E-state index in [4.69, 9.17) is 4.42 Å². The van der Waals surface area contributed by atoms with Gasteiger partial charge in [0.2, 0.25) is 5.71 Å². The van der Waals surface area contributed by atoms with Crippen LogP contribution in [0, 0.1) is 0 Å². The standard InChI is InChI=1S/C63H39N3O/c1-3-17-42(18-4-1)64-57-35-32-40(41-31-34-49-59(38-41)66(43-19-5-2-6-20-43)62-61(49)50-25-11-16-30-60(50)67-62)37-53(57)63(51-26-12-7-21-45(51)46-22-8-13-27-52(46)63)54-39-44(33-36-58(54)64)65-55-28-14-9-23-47(55)48-24-10-15-29-56(48)65/h1-39H. The molecule has 10 aromatic carbocycles. The maximum Gasteiger partial charge on any atom is 0.213 e. The quantitative estimate of drug-likeness (QED) is 0.176. The molecule has 0 saturated carbocycles. The Labute approximate surface area is 386 Å². The van der Waals surface area contributed by atoms with Crippen LogP contribution in [-0.2, 0) is 5.41 Å². The summed E-state index contributed by atoms with van der Waals surface area (Å²) in [4.78, 5) is 2.49. The molecule has 0 radical (unpaired) electrons. The van der Waals surface area contributed by atoms with E-state index in [0.717, 1.165) is 61.5 Å². The maximum absolute atomic E-state index is 6.70. The first kappa shape index (κ1) is 36.5. The van der Waals surface area contributed by atoms with Gasteiger partial charge in [-0.25, -0.2) is 0 Å². The first-order chi connectivity index (χ1) is 33.3. The largest absolute Gasteiger partial charge is 0.439 e. The number of rotatable bonds is 4. The second-order valence-corrected chi connectivity index (χ2v) is 18.0. The Balaban J connectivity index is 1.04. The van der Waals surface area contributed by atoms with E-state index in [1.54, 1.807) is 0 Å². The van der Waals surface area contributed by atoms with Crippen LogP contribution in [0.25, 0.3) is 88.4 Å². The fraction of sp³-hybridized carbons (Fsp3) is 0.0159. The smallest absolute Gasteiger partial charge is 0.213 e. The number of furan rings is 1. The zero-order valence-electron chi connectivity index (χ0n) is 36.3. The lowest BCUT2D eigenvalue weighted by Crippen LogP contribution is -2.36. The monoisotopic (exact) mass is 853 g/mol. The van der Waals surface area contributed by atoms with E-state index in [1.165, 1.54) is 66.3 Å². The lowest BCUT2D eigenvalue weighted by atomic mass is 9.64. The molecule has 0 N–H and O–H groups in total. The van der Waals surface area contributed by atoms with E-state index in [1.807, 2.05) is 6.07 Å². The molecule has 13 aromatic rings. The van der Waals surface area contributed by atoms with Gasteiger partial charge in [0, 0.05) is 38.6 Å². The molecule has 0 amide bonds. The van der Waals surface area contributed by atoms with Gasteiger partial charge in [-0.2, -0.15) is 0 Å². The van der Waals surface area contributed by atoms with Crippen molar-refractivity contribution in [2.24, 2.45) is 0 Å². The van der Waals surface area contributed by atoms with Crippen molar-refractivity contribution in [1.29, 1.82) is 0 Å². The van der Waals surface area contributed by atoms with Crippen molar-refractivity contribution < 1.29 is 4.42 Å². The number of anilines is 3. The van der Waals surface area contributed by atoms with Crippen LogP contribution in [0.4, 0.5) is 17.1 Å². The molecular formula is C63H39N3O. The molecule has 1 aliphatic carbocycles. The SMILES string of the molecule is c1ccc(N2c3ccc(-c4ccc5c6c7ccccc7oc6n(-c6ccccc6)c5c4)cc3C3(c4ccccc4-c4ccccc43)c3cc(-n4c5ccccc5c5ccccc54)ccc32)cc1. The van der Waals surface area contributed by atoms with Crippen LogP contribution in [0.3, 0.4) is 0 Å². The minimum atomic E-state index is -0.652. The normalized spacial score (nSPS) is 13.5. The first-order valence-corrected chi connectivity index (χ1v) is 23.1. The van der Waals surface area contributed by atoms with Crippen LogP contribution in [0.1, 0.15) is 22.3 Å². The molecule has 2 aliphatic rings. The molecule has 0 saturated heterocycles. The summed E-state index contributed by atoms with van der Waals surface area (Å²) in [7, 11) is 0. The number of fused-ring (bicyclic) bond motifs is 17. The molecule has 0 fully saturated rings. The van der Waals surface area contributed by atoms with Gasteiger partial charge < -0.3 is 13.9 Å². The lowest BCUT2D eigenvalue weighted by molar-refractivity contribution is 0.645. The zero-order chi connectivity index (χ0) is 43.8. The van der Waals surface area contributed by atoms with Gasteiger partial charge in [0.05, 0.1) is 38.7 Å². The van der Waals surface area contributed by atoms with Gasteiger partial charge in [0.1, 0.15) is 5.58 Å². The van der Waals surface area contributed by atoms with Crippen molar-refractivity contribution in [3.8, 4) is 33.6 Å². The number of benzene rings is 10. The summed E-state index contributed by atoms with van der Waals surface area (Å²) in [5, 5.41) is 5.93. The van der Waals surface area contributed by atoms with E-state index < -0.39 is 5.41 Å². The van der Waals surface area contributed by atoms with Crippen molar-refractivity contribution in [2.75, 3.05) is 4.90 Å². The number of hydrogen-bond acceptors (Lipinski definition) is 2. The Kier molecular flexibility index (Phi) is 7.40. The van der Waals surface area contributed by atoms with Crippen molar-refractivity contribution in [1.82, 2.24) is 9.13 Å². The summed E-state index contributed by atoms with van der Waals surface area (Å²) in [6.07, 6.45) is 0. The molecule has 0 unspecified atom stereocenters. The molecule has 0 bridgehead atoms. The van der Waals surface area contributed by atoms with Crippen LogP contribution in [-0.4, -0.2) is 9.13 Å². The minimum absolute atomic E-state index is 0.652. The van der Waals surface area contributed by atoms with Crippen LogP contribution in [0.2, 0.25) is 0 Å². The van der Waals surface area contributed by atoms with Gasteiger partial charge in [-0.15, -0.1) is 0 Å². The van der Waals surface area contributed by atoms with E-state index in [9.17, 15) is 0 Å². The molecule has 4 heterocycles. The number of nitrogens with zero attached hydrogens (tertiary/aromatic N) is 3. The molecule has 3 aromatic heterocycles. The van der Waals surface area contributed by atoms with Crippen LogP contribution in [0.15, 0.2) is 241 Å². The van der Waals surface area contributed by atoms with Crippen LogP contribution < -0.4 is 4.90 Å². The predicted molar refractivity (Wildman–Crippen MR) is 276 cm³/mol. The molecule has 1 spiro atoms. The van der Waals surface area contributed by atoms with Crippen molar-refractivity contribution in [2.45, 2.75) is 5.41 Å². The molecular weight excluding hydrogens is 815 g/mol. The van der Waals surface area contributed by atoms with E-state index >= 15 is 0 Å². The van der Waals surface area contributed by atoms with Gasteiger partial charge in [-0.05, 0) is 123 Å². The summed E-state index contributed by atoms with van der Waals surface area (Å²) in [5.41, 5.74) is 20.2. The van der Waals surface area contributed by atoms with Gasteiger partial charge >= 0.3 is 0 Å². The van der Waals surface area contributed by atoms with E-state index in [2.05, 4.69) is 245 Å². The summed E-state index contributed by atoms with van der Waals surface area (Å²) < 4.78 is 11.5. The first-order valence-electron chi connectivity index (χ1n) is 23.1. The van der Waals surface area contributed by atoms with Crippen LogP contribution >= 0.6 is 0 Å². The van der Waals surface area contributed by atoms with Gasteiger partial charge in [0.25, 0.3) is 0 Å². The molecule has 312 valence electrons. The fourth-order valence-corrected chi connectivity index (χ4v) is 12.0. The summed E-state index contributed by atoms with van der Waals surface area (Å²) in [6, 6.07) is 87.0. The highest BCUT2D eigenvalue weighted by molar-refractivity contribution is 6.20. The van der Waals surface area contributed by atoms with Gasteiger partial charge in [0.15, 0.2) is 0 Å². The topological polar surface area (TPSA) is 26.2 Å². The predicted octanol–water partition coefficient (Wildman–Crippen LogP) is 16.4. The third-order valence-corrected chi connectivity index (χ3v) is 14.7. The Bertz CT molecular complexity index is 4070. The van der Waals surface area contributed by atoms with E-state index in [-0.39, 0.29) is 0 Å². The van der Waals surface area contributed by atoms with Crippen molar-refractivity contribution in [3.63, 3.8) is 0 Å². The zero-order valence-corrected chi connectivity index (χ0v) is 36.3. The Morgan fingerprint density at radius 2 is 0.866 bits per heavy atom. The number of para-hydroxylation sites is 5. The van der Waals surface area contributed by atoms with Crippen molar-refractivity contribution >= 4 is 71.8 Å². The Morgan fingerprint density at radius 1 is 0.328 bits per heavy atom. The third-order valence-electron chi connectivity index (χ3n) is 14.7. The van der Waals surface area contributed by atoms with Gasteiger partial charge in [-0.3, -0.25) is 4.57 Å². The Morgan fingerprint density at radius 3 is 1.57 bits per heavy atom. The minimum Gasteiger partial charge on any atom is -0.439 e. The molecule has 15 rings (SSSR count). The Hall–Kier alpha value is -8.86. The average molecular weight is 854 g/mol. The molecule has 1 aliphatic heterocycles. The third kappa shape index (κ3) is 4.86. The average Bonchev–Trinajstić information content (AvgIpc) is 4.12. The number of aromatic nitrogens is 2. The number of hydrogen-bond donors (Lipinski definition) is 0. The highest BCUT2D eigenvalue weighted by Crippen LogP contribution is 2.64. The maximum atomic E-state index is 6.70. The highest BCUT2D eigenvalue weighted by Gasteiger charge is 2.52.